The predicted octanol–water partition coefficient (Wildman–Crippen LogP) is 2.96. The number of amides is 2. The van der Waals surface area contributed by atoms with Gasteiger partial charge in [0.2, 0.25) is 5.91 Å². The van der Waals surface area contributed by atoms with Crippen LogP contribution in [-0.2, 0) is 14.8 Å². The lowest BCUT2D eigenvalue weighted by molar-refractivity contribution is -0.117. The van der Waals surface area contributed by atoms with Gasteiger partial charge in [-0.25, -0.2) is 18.1 Å². The van der Waals surface area contributed by atoms with E-state index in [1.807, 2.05) is 16.2 Å². The zero-order valence-corrected chi connectivity index (χ0v) is 16.3. The van der Waals surface area contributed by atoms with Gasteiger partial charge in [-0.05, 0) is 42.5 Å². The number of aromatic nitrogens is 1. The molecule has 28 heavy (non-hydrogen) atoms. The van der Waals surface area contributed by atoms with Crippen molar-refractivity contribution < 1.29 is 18.0 Å². The van der Waals surface area contributed by atoms with Crippen LogP contribution in [0.15, 0.2) is 65.0 Å². The Balaban J connectivity index is 1.70. The number of rotatable bonds is 6. The zero-order valence-electron chi connectivity index (χ0n) is 14.7. The van der Waals surface area contributed by atoms with E-state index in [4.69, 9.17) is 0 Å². The third-order valence-corrected chi connectivity index (χ3v) is 5.65. The number of hydrogen-bond acceptors (Lipinski definition) is 7. The van der Waals surface area contributed by atoms with Crippen molar-refractivity contribution >= 4 is 49.7 Å². The fraction of sp³-hybridized carbons (Fsp3) is 0.0556. The maximum absolute atomic E-state index is 12.5. The van der Waals surface area contributed by atoms with E-state index in [1.54, 1.807) is 24.4 Å². The molecule has 3 rings (SSSR count). The summed E-state index contributed by atoms with van der Waals surface area (Å²) in [6.45, 7) is 1.11. The van der Waals surface area contributed by atoms with E-state index in [0.717, 1.165) is 12.6 Å². The van der Waals surface area contributed by atoms with E-state index in [0.29, 0.717) is 16.4 Å². The van der Waals surface area contributed by atoms with E-state index >= 15 is 0 Å². The third-order valence-electron chi connectivity index (χ3n) is 3.51. The maximum atomic E-state index is 12.5. The lowest BCUT2D eigenvalue weighted by Crippen LogP contribution is -2.28. The fourth-order valence-electron chi connectivity index (χ4n) is 2.32. The minimum atomic E-state index is -3.91. The third kappa shape index (κ3) is 4.93. The molecule has 2 aromatic carbocycles. The number of anilines is 3. The number of sulfonamides is 1. The van der Waals surface area contributed by atoms with Crippen LogP contribution in [0.4, 0.5) is 16.5 Å². The molecule has 0 fully saturated rings. The Morgan fingerprint density at radius 3 is 2.43 bits per heavy atom. The molecule has 0 spiro atoms. The molecular weight excluding hydrogens is 400 g/mol. The average Bonchev–Trinajstić information content (AvgIpc) is 3.14. The summed E-state index contributed by atoms with van der Waals surface area (Å²) < 4.78 is 25.8. The largest absolute Gasteiger partial charge is 0.332 e. The van der Waals surface area contributed by atoms with Gasteiger partial charge < -0.3 is 10.6 Å². The van der Waals surface area contributed by atoms with Crippen molar-refractivity contribution in [2.75, 3.05) is 10.6 Å². The Morgan fingerprint density at radius 1 is 1.04 bits per heavy atom. The summed E-state index contributed by atoms with van der Waals surface area (Å²) >= 11 is 1.44. The quantitative estimate of drug-likeness (QED) is 0.569. The van der Waals surface area contributed by atoms with Crippen LogP contribution in [0.3, 0.4) is 0 Å². The Morgan fingerprint density at radius 2 is 1.79 bits per heavy atom. The van der Waals surface area contributed by atoms with Crippen molar-refractivity contribution in [2.45, 2.75) is 11.8 Å². The molecule has 3 aromatic rings. The molecular formula is C18H16N4O4S2. The van der Waals surface area contributed by atoms with Gasteiger partial charge in [-0.2, -0.15) is 0 Å². The minimum absolute atomic E-state index is 0.0738. The van der Waals surface area contributed by atoms with Crippen LogP contribution in [0, 0.1) is 0 Å². The number of benzene rings is 2. The Bertz CT molecular complexity index is 1090. The molecule has 144 valence electrons. The Kier molecular flexibility index (Phi) is 5.71. The number of nitrogens with zero attached hydrogens (tertiary/aromatic N) is 1. The Hall–Kier alpha value is -3.24. The van der Waals surface area contributed by atoms with Crippen molar-refractivity contribution in [3.05, 3.63) is 65.7 Å². The second-order valence-corrected chi connectivity index (χ2v) is 8.26. The molecule has 0 aliphatic heterocycles. The van der Waals surface area contributed by atoms with Crippen molar-refractivity contribution in [1.82, 2.24) is 9.71 Å². The SMILES string of the molecule is CC(=O)NS(=O)(=O)c1ccc(NC(=O)c2cccc(Nc3nccs3)c2)cc1. The van der Waals surface area contributed by atoms with Gasteiger partial charge in [0.15, 0.2) is 5.13 Å². The van der Waals surface area contributed by atoms with E-state index in [2.05, 4.69) is 15.6 Å². The van der Waals surface area contributed by atoms with Gasteiger partial charge in [-0.3, -0.25) is 9.59 Å². The molecule has 0 saturated heterocycles. The summed E-state index contributed by atoms with van der Waals surface area (Å²) in [5.74, 6) is -1.02. The summed E-state index contributed by atoms with van der Waals surface area (Å²) in [6, 6.07) is 12.4. The molecule has 1 heterocycles. The lowest BCUT2D eigenvalue weighted by atomic mass is 10.2. The fourth-order valence-corrected chi connectivity index (χ4v) is 3.86. The summed E-state index contributed by atoms with van der Waals surface area (Å²) in [7, 11) is -3.91. The molecule has 10 heteroatoms. The summed E-state index contributed by atoms with van der Waals surface area (Å²) in [5, 5.41) is 8.37. The van der Waals surface area contributed by atoms with Crippen molar-refractivity contribution in [2.24, 2.45) is 0 Å². The van der Waals surface area contributed by atoms with E-state index < -0.39 is 15.9 Å². The van der Waals surface area contributed by atoms with Crippen LogP contribution >= 0.6 is 11.3 Å². The van der Waals surface area contributed by atoms with Gasteiger partial charge in [-0.15, -0.1) is 11.3 Å². The molecule has 0 saturated carbocycles. The van der Waals surface area contributed by atoms with Gasteiger partial charge >= 0.3 is 0 Å². The molecule has 8 nitrogen and oxygen atoms in total. The molecule has 1 aromatic heterocycles. The molecule has 3 N–H and O–H groups in total. The standard InChI is InChI=1S/C18H16N4O4S2/c1-12(23)22-28(25,26)16-7-5-14(6-8-16)20-17(24)13-3-2-4-15(11-13)21-18-19-9-10-27-18/h2-11H,1H3,(H,19,21)(H,20,24)(H,22,23). The highest BCUT2D eigenvalue weighted by Gasteiger charge is 2.15. The van der Waals surface area contributed by atoms with E-state index in [1.165, 1.54) is 35.6 Å². The van der Waals surface area contributed by atoms with Crippen LogP contribution in [0.2, 0.25) is 0 Å². The number of carbonyl (C=O) groups is 2. The van der Waals surface area contributed by atoms with Gasteiger partial charge in [0.1, 0.15) is 0 Å². The van der Waals surface area contributed by atoms with Gasteiger partial charge in [0.05, 0.1) is 4.90 Å². The summed E-state index contributed by atoms with van der Waals surface area (Å²) in [6.07, 6.45) is 1.68. The van der Waals surface area contributed by atoms with Gasteiger partial charge in [-0.1, -0.05) is 6.07 Å². The smallest absolute Gasteiger partial charge is 0.264 e. The average molecular weight is 416 g/mol. The first-order valence-corrected chi connectivity index (χ1v) is 10.4. The maximum Gasteiger partial charge on any atom is 0.264 e. The molecule has 0 radical (unpaired) electrons. The van der Waals surface area contributed by atoms with Gasteiger partial charge in [0.25, 0.3) is 15.9 Å². The second-order valence-electron chi connectivity index (χ2n) is 5.68. The van der Waals surface area contributed by atoms with Crippen molar-refractivity contribution in [1.29, 1.82) is 0 Å². The number of carbonyl (C=O) groups excluding carboxylic acids is 2. The lowest BCUT2D eigenvalue weighted by Gasteiger charge is -2.09. The molecule has 0 aliphatic carbocycles. The van der Waals surface area contributed by atoms with E-state index in [-0.39, 0.29) is 10.8 Å². The van der Waals surface area contributed by atoms with Crippen LogP contribution in [-0.4, -0.2) is 25.2 Å². The van der Waals surface area contributed by atoms with Crippen LogP contribution < -0.4 is 15.4 Å². The first-order valence-electron chi connectivity index (χ1n) is 8.05. The molecule has 0 atom stereocenters. The number of nitrogens with one attached hydrogen (secondary N) is 3. The van der Waals surface area contributed by atoms with Gasteiger partial charge in [0, 0.05) is 35.4 Å². The summed E-state index contributed by atoms with van der Waals surface area (Å²) in [4.78, 5) is 27.5. The Labute approximate surface area is 165 Å². The first kappa shape index (κ1) is 19.5. The predicted molar refractivity (Wildman–Crippen MR) is 107 cm³/mol. The second kappa shape index (κ2) is 8.19. The summed E-state index contributed by atoms with van der Waals surface area (Å²) in [5.41, 5.74) is 1.57. The van der Waals surface area contributed by atoms with Crippen LogP contribution in [0.1, 0.15) is 17.3 Å². The molecule has 0 aliphatic rings. The zero-order chi connectivity index (χ0) is 20.1. The van der Waals surface area contributed by atoms with Crippen molar-refractivity contribution in [3.8, 4) is 0 Å². The van der Waals surface area contributed by atoms with Crippen LogP contribution in [0.25, 0.3) is 0 Å². The normalized spacial score (nSPS) is 10.9. The highest BCUT2D eigenvalue weighted by Crippen LogP contribution is 2.20. The highest BCUT2D eigenvalue weighted by molar-refractivity contribution is 7.90. The first-order chi connectivity index (χ1) is 13.3. The molecule has 2 amide bonds. The monoisotopic (exact) mass is 416 g/mol. The number of thiazole rings is 1. The number of hydrogen-bond donors (Lipinski definition) is 3. The van der Waals surface area contributed by atoms with E-state index in [9.17, 15) is 18.0 Å². The molecule has 0 unspecified atom stereocenters. The molecule has 0 bridgehead atoms. The topological polar surface area (TPSA) is 117 Å². The minimum Gasteiger partial charge on any atom is -0.332 e. The highest BCUT2D eigenvalue weighted by atomic mass is 32.2. The van der Waals surface area contributed by atoms with Crippen molar-refractivity contribution in [3.63, 3.8) is 0 Å². The van der Waals surface area contributed by atoms with Crippen LogP contribution in [0.5, 0.6) is 0 Å².